The summed E-state index contributed by atoms with van der Waals surface area (Å²) >= 11 is 10.7. The van der Waals surface area contributed by atoms with Crippen molar-refractivity contribution in [1.29, 1.82) is 0 Å². The molecule has 1 rings (SSSR count). The van der Waals surface area contributed by atoms with Crippen LogP contribution < -0.4 is 5.32 Å². The predicted molar refractivity (Wildman–Crippen MR) is 68.0 cm³/mol. The van der Waals surface area contributed by atoms with Crippen LogP contribution in [0, 0.1) is 0 Å². The molecule has 1 N–H and O–H groups in total. The first kappa shape index (κ1) is 12.1. The first-order chi connectivity index (χ1) is 6.63. The van der Waals surface area contributed by atoms with Crippen molar-refractivity contribution in [2.75, 3.05) is 12.3 Å². The Morgan fingerprint density at radius 1 is 1.29 bits per heavy atom. The number of nitrogens with one attached hydrogen (secondary N) is 1. The van der Waals surface area contributed by atoms with Gasteiger partial charge in [0.1, 0.15) is 0 Å². The van der Waals surface area contributed by atoms with Crippen LogP contribution in [0.5, 0.6) is 0 Å². The molecule has 1 aromatic rings. The standard InChI is InChI=1S/C9H9Br2NOS/c10-7-3-6(4-8(11)5-7)9(13)12-1-2-14/h3-5,14H,1-2H2,(H,12,13). The van der Waals surface area contributed by atoms with Gasteiger partial charge in [-0.1, -0.05) is 31.9 Å². The monoisotopic (exact) mass is 337 g/mol. The van der Waals surface area contributed by atoms with E-state index in [4.69, 9.17) is 0 Å². The van der Waals surface area contributed by atoms with E-state index in [1.807, 2.05) is 6.07 Å². The second-order valence-electron chi connectivity index (χ2n) is 2.64. The van der Waals surface area contributed by atoms with Gasteiger partial charge in [0.05, 0.1) is 0 Å². The molecule has 5 heteroatoms. The molecule has 0 spiro atoms. The third-order valence-electron chi connectivity index (χ3n) is 1.52. The summed E-state index contributed by atoms with van der Waals surface area (Å²) in [7, 11) is 0. The van der Waals surface area contributed by atoms with Gasteiger partial charge in [-0.05, 0) is 18.2 Å². The molecule has 0 aliphatic carbocycles. The molecule has 0 fully saturated rings. The van der Waals surface area contributed by atoms with Gasteiger partial charge in [0.15, 0.2) is 0 Å². The zero-order valence-corrected chi connectivity index (χ0v) is 11.3. The Morgan fingerprint density at radius 3 is 2.36 bits per heavy atom. The zero-order chi connectivity index (χ0) is 10.6. The Balaban J connectivity index is 2.79. The van der Waals surface area contributed by atoms with Gasteiger partial charge in [-0.2, -0.15) is 12.6 Å². The molecular weight excluding hydrogens is 330 g/mol. The van der Waals surface area contributed by atoms with E-state index in [-0.39, 0.29) is 5.91 Å². The van der Waals surface area contributed by atoms with Crippen LogP contribution in [0.25, 0.3) is 0 Å². The normalized spacial score (nSPS) is 9.93. The van der Waals surface area contributed by atoms with Crippen LogP contribution in [0.15, 0.2) is 27.1 Å². The Kier molecular flexibility index (Phi) is 4.98. The number of thiol groups is 1. The number of rotatable bonds is 3. The maximum atomic E-state index is 11.5. The highest BCUT2D eigenvalue weighted by Crippen LogP contribution is 2.19. The molecule has 1 amide bonds. The Bertz CT molecular complexity index is 323. The number of carbonyl (C=O) groups excluding carboxylic acids is 1. The first-order valence-corrected chi connectivity index (χ1v) is 6.20. The van der Waals surface area contributed by atoms with Gasteiger partial charge in [0, 0.05) is 26.8 Å². The summed E-state index contributed by atoms with van der Waals surface area (Å²) in [5, 5.41) is 2.75. The third kappa shape index (κ3) is 3.63. The van der Waals surface area contributed by atoms with Crippen molar-refractivity contribution in [3.05, 3.63) is 32.7 Å². The minimum atomic E-state index is -0.0824. The summed E-state index contributed by atoms with van der Waals surface area (Å²) in [5.74, 6) is 0.557. The molecule has 14 heavy (non-hydrogen) atoms. The molecule has 0 radical (unpaired) electrons. The molecule has 0 aliphatic rings. The maximum Gasteiger partial charge on any atom is 0.251 e. The summed E-state index contributed by atoms with van der Waals surface area (Å²) in [6.45, 7) is 0.575. The summed E-state index contributed by atoms with van der Waals surface area (Å²) in [6, 6.07) is 5.44. The molecule has 0 aliphatic heterocycles. The van der Waals surface area contributed by atoms with Crippen LogP contribution in [-0.4, -0.2) is 18.2 Å². The fraction of sp³-hybridized carbons (Fsp3) is 0.222. The highest BCUT2D eigenvalue weighted by atomic mass is 79.9. The van der Waals surface area contributed by atoms with Crippen LogP contribution >= 0.6 is 44.5 Å². The Morgan fingerprint density at radius 2 is 1.86 bits per heavy atom. The van der Waals surface area contributed by atoms with Gasteiger partial charge in [0.2, 0.25) is 0 Å². The summed E-state index contributed by atoms with van der Waals surface area (Å²) in [4.78, 5) is 11.5. The number of benzene rings is 1. The highest BCUT2D eigenvalue weighted by molar-refractivity contribution is 9.11. The molecule has 0 saturated carbocycles. The maximum absolute atomic E-state index is 11.5. The highest BCUT2D eigenvalue weighted by Gasteiger charge is 2.05. The van der Waals surface area contributed by atoms with Crippen LogP contribution in [-0.2, 0) is 0 Å². The van der Waals surface area contributed by atoms with Gasteiger partial charge in [-0.3, -0.25) is 4.79 Å². The number of carbonyl (C=O) groups is 1. The lowest BCUT2D eigenvalue weighted by atomic mass is 10.2. The lowest BCUT2D eigenvalue weighted by Gasteiger charge is -2.04. The van der Waals surface area contributed by atoms with Crippen LogP contribution in [0.1, 0.15) is 10.4 Å². The Labute approximate surface area is 105 Å². The van der Waals surface area contributed by atoms with Crippen molar-refractivity contribution < 1.29 is 4.79 Å². The molecule has 0 heterocycles. The van der Waals surface area contributed by atoms with Crippen LogP contribution in [0.3, 0.4) is 0 Å². The second-order valence-corrected chi connectivity index (χ2v) is 4.92. The minimum absolute atomic E-state index is 0.0824. The second kappa shape index (κ2) is 5.78. The molecule has 0 aromatic heterocycles. The zero-order valence-electron chi connectivity index (χ0n) is 7.26. The van der Waals surface area contributed by atoms with E-state index < -0.39 is 0 Å². The van der Waals surface area contributed by atoms with E-state index in [2.05, 4.69) is 49.8 Å². The van der Waals surface area contributed by atoms with Crippen molar-refractivity contribution in [1.82, 2.24) is 5.32 Å². The molecule has 1 aromatic carbocycles. The average Bonchev–Trinajstić information content (AvgIpc) is 2.12. The number of halogens is 2. The number of hydrogen-bond acceptors (Lipinski definition) is 2. The predicted octanol–water partition coefficient (Wildman–Crippen LogP) is 2.87. The quantitative estimate of drug-likeness (QED) is 0.815. The van der Waals surface area contributed by atoms with E-state index in [1.54, 1.807) is 12.1 Å². The van der Waals surface area contributed by atoms with E-state index in [1.165, 1.54) is 0 Å². The van der Waals surface area contributed by atoms with Gasteiger partial charge in [-0.25, -0.2) is 0 Å². The van der Waals surface area contributed by atoms with Gasteiger partial charge >= 0.3 is 0 Å². The lowest BCUT2D eigenvalue weighted by molar-refractivity contribution is 0.0956. The van der Waals surface area contributed by atoms with Gasteiger partial charge < -0.3 is 5.32 Å². The van der Waals surface area contributed by atoms with Crippen molar-refractivity contribution in [3.8, 4) is 0 Å². The number of hydrogen-bond donors (Lipinski definition) is 2. The van der Waals surface area contributed by atoms with Crippen molar-refractivity contribution in [2.24, 2.45) is 0 Å². The molecule has 0 bridgehead atoms. The smallest absolute Gasteiger partial charge is 0.251 e. The topological polar surface area (TPSA) is 29.1 Å². The summed E-state index contributed by atoms with van der Waals surface area (Å²) < 4.78 is 1.76. The van der Waals surface area contributed by atoms with E-state index in [0.29, 0.717) is 17.9 Å². The van der Waals surface area contributed by atoms with Crippen molar-refractivity contribution in [3.63, 3.8) is 0 Å². The van der Waals surface area contributed by atoms with E-state index in [9.17, 15) is 4.79 Å². The molecular formula is C9H9Br2NOS. The fourth-order valence-electron chi connectivity index (χ4n) is 0.956. The van der Waals surface area contributed by atoms with Crippen molar-refractivity contribution in [2.45, 2.75) is 0 Å². The van der Waals surface area contributed by atoms with Crippen LogP contribution in [0.2, 0.25) is 0 Å². The summed E-state index contributed by atoms with van der Waals surface area (Å²) in [5.41, 5.74) is 0.632. The largest absolute Gasteiger partial charge is 0.351 e. The third-order valence-corrected chi connectivity index (χ3v) is 2.66. The minimum Gasteiger partial charge on any atom is -0.351 e. The fourth-order valence-corrected chi connectivity index (χ4v) is 2.36. The average molecular weight is 339 g/mol. The molecule has 0 saturated heterocycles. The Hall–Kier alpha value is -0.000000000000000111. The summed E-state index contributed by atoms with van der Waals surface area (Å²) in [6.07, 6.45) is 0. The van der Waals surface area contributed by atoms with Gasteiger partial charge in [-0.15, -0.1) is 0 Å². The van der Waals surface area contributed by atoms with E-state index in [0.717, 1.165) is 8.95 Å². The van der Waals surface area contributed by atoms with Crippen molar-refractivity contribution >= 4 is 50.4 Å². The first-order valence-electron chi connectivity index (χ1n) is 3.98. The van der Waals surface area contributed by atoms with Gasteiger partial charge in [0.25, 0.3) is 5.91 Å². The molecule has 0 unspecified atom stereocenters. The molecule has 2 nitrogen and oxygen atoms in total. The number of amides is 1. The molecule has 76 valence electrons. The SMILES string of the molecule is O=C(NCCS)c1cc(Br)cc(Br)c1. The molecule has 0 atom stereocenters. The van der Waals surface area contributed by atoms with E-state index >= 15 is 0 Å². The lowest BCUT2D eigenvalue weighted by Crippen LogP contribution is -2.25. The van der Waals surface area contributed by atoms with Crippen LogP contribution in [0.4, 0.5) is 0 Å².